The van der Waals surface area contributed by atoms with Crippen LogP contribution in [0.25, 0.3) is 11.0 Å². The van der Waals surface area contributed by atoms with E-state index in [0.717, 1.165) is 11.0 Å². The van der Waals surface area contributed by atoms with Gasteiger partial charge in [-0.3, -0.25) is 0 Å². The van der Waals surface area contributed by atoms with Gasteiger partial charge in [-0.05, 0) is 25.0 Å². The van der Waals surface area contributed by atoms with Crippen molar-refractivity contribution in [2.75, 3.05) is 5.73 Å². The Labute approximate surface area is 85.6 Å². The van der Waals surface area contributed by atoms with Crippen molar-refractivity contribution in [2.45, 2.75) is 18.9 Å². The SMILES string of the molecule is Nc1cc2nnn(C3CC3)c2cc1Cl. The number of rotatable bonds is 1. The summed E-state index contributed by atoms with van der Waals surface area (Å²) in [4.78, 5) is 0. The molecule has 0 atom stereocenters. The van der Waals surface area contributed by atoms with Crippen molar-refractivity contribution >= 4 is 28.3 Å². The first-order valence-electron chi connectivity index (χ1n) is 4.55. The molecule has 1 aromatic heterocycles. The number of hydrogen-bond acceptors (Lipinski definition) is 3. The van der Waals surface area contributed by atoms with Crippen LogP contribution < -0.4 is 5.73 Å². The highest BCUT2D eigenvalue weighted by molar-refractivity contribution is 6.33. The van der Waals surface area contributed by atoms with E-state index in [2.05, 4.69) is 10.3 Å². The van der Waals surface area contributed by atoms with Crippen LogP contribution in [-0.4, -0.2) is 15.0 Å². The van der Waals surface area contributed by atoms with Gasteiger partial charge in [0, 0.05) is 0 Å². The summed E-state index contributed by atoms with van der Waals surface area (Å²) in [5.41, 5.74) is 8.03. The van der Waals surface area contributed by atoms with E-state index < -0.39 is 0 Å². The molecule has 1 aliphatic rings. The van der Waals surface area contributed by atoms with E-state index >= 15 is 0 Å². The van der Waals surface area contributed by atoms with Crippen molar-refractivity contribution in [2.24, 2.45) is 0 Å². The lowest BCUT2D eigenvalue weighted by Gasteiger charge is -2.00. The van der Waals surface area contributed by atoms with Crippen LogP contribution in [0, 0.1) is 0 Å². The number of nitrogen functional groups attached to an aromatic ring is 1. The molecular formula is C9H9ClN4. The summed E-state index contributed by atoms with van der Waals surface area (Å²) in [6.45, 7) is 0. The number of hydrogen-bond donors (Lipinski definition) is 1. The van der Waals surface area contributed by atoms with Gasteiger partial charge in [-0.1, -0.05) is 16.8 Å². The van der Waals surface area contributed by atoms with Crippen LogP contribution in [0.1, 0.15) is 18.9 Å². The van der Waals surface area contributed by atoms with Gasteiger partial charge in [-0.15, -0.1) is 5.10 Å². The highest BCUT2D eigenvalue weighted by Gasteiger charge is 2.26. The first-order valence-corrected chi connectivity index (χ1v) is 4.93. The highest BCUT2D eigenvalue weighted by Crippen LogP contribution is 2.37. The minimum atomic E-state index is 0.514. The molecule has 1 aliphatic carbocycles. The van der Waals surface area contributed by atoms with Crippen LogP contribution in [0.2, 0.25) is 5.02 Å². The zero-order valence-electron chi connectivity index (χ0n) is 7.44. The lowest BCUT2D eigenvalue weighted by molar-refractivity contribution is 0.630. The van der Waals surface area contributed by atoms with Gasteiger partial charge in [0.15, 0.2) is 0 Å². The molecule has 72 valence electrons. The Morgan fingerprint density at radius 2 is 2.21 bits per heavy atom. The van der Waals surface area contributed by atoms with Gasteiger partial charge >= 0.3 is 0 Å². The average molecular weight is 209 g/mol. The van der Waals surface area contributed by atoms with Crippen molar-refractivity contribution in [3.8, 4) is 0 Å². The van der Waals surface area contributed by atoms with E-state index in [9.17, 15) is 0 Å². The number of aromatic nitrogens is 3. The second-order valence-electron chi connectivity index (χ2n) is 3.63. The smallest absolute Gasteiger partial charge is 0.115 e. The van der Waals surface area contributed by atoms with Crippen molar-refractivity contribution in [1.82, 2.24) is 15.0 Å². The van der Waals surface area contributed by atoms with Crippen molar-refractivity contribution in [3.63, 3.8) is 0 Å². The molecule has 1 saturated carbocycles. The zero-order chi connectivity index (χ0) is 9.71. The third kappa shape index (κ3) is 1.07. The molecule has 1 heterocycles. The standard InChI is InChI=1S/C9H9ClN4/c10-6-3-9-8(4-7(6)11)12-13-14(9)5-1-2-5/h3-5H,1-2,11H2. The van der Waals surface area contributed by atoms with Crippen molar-refractivity contribution in [1.29, 1.82) is 0 Å². The summed E-state index contributed by atoms with van der Waals surface area (Å²) in [7, 11) is 0. The minimum absolute atomic E-state index is 0.514. The molecule has 0 spiro atoms. The van der Waals surface area contributed by atoms with E-state index in [1.807, 2.05) is 10.7 Å². The Hall–Kier alpha value is -1.29. The fourth-order valence-electron chi connectivity index (χ4n) is 1.56. The van der Waals surface area contributed by atoms with Crippen LogP contribution in [0.15, 0.2) is 12.1 Å². The van der Waals surface area contributed by atoms with E-state index in [4.69, 9.17) is 17.3 Å². The van der Waals surface area contributed by atoms with E-state index in [0.29, 0.717) is 16.8 Å². The van der Waals surface area contributed by atoms with Crippen molar-refractivity contribution < 1.29 is 0 Å². The summed E-state index contributed by atoms with van der Waals surface area (Å²) in [5, 5.41) is 8.72. The van der Waals surface area contributed by atoms with Crippen LogP contribution in [0.5, 0.6) is 0 Å². The molecule has 0 aliphatic heterocycles. The zero-order valence-corrected chi connectivity index (χ0v) is 8.20. The molecular weight excluding hydrogens is 200 g/mol. The molecule has 0 bridgehead atoms. The maximum Gasteiger partial charge on any atom is 0.115 e. The van der Waals surface area contributed by atoms with Gasteiger partial charge in [0.2, 0.25) is 0 Å². The van der Waals surface area contributed by atoms with Crippen LogP contribution in [0.3, 0.4) is 0 Å². The van der Waals surface area contributed by atoms with E-state index in [1.165, 1.54) is 12.8 Å². The molecule has 2 N–H and O–H groups in total. The van der Waals surface area contributed by atoms with Crippen molar-refractivity contribution in [3.05, 3.63) is 17.2 Å². The first kappa shape index (κ1) is 8.05. The lowest BCUT2D eigenvalue weighted by atomic mass is 10.3. The van der Waals surface area contributed by atoms with Gasteiger partial charge in [0.05, 0.1) is 22.3 Å². The summed E-state index contributed by atoms with van der Waals surface area (Å²) in [6.07, 6.45) is 2.36. The van der Waals surface area contributed by atoms with Crippen LogP contribution in [0.4, 0.5) is 5.69 Å². The summed E-state index contributed by atoms with van der Waals surface area (Å²) < 4.78 is 1.93. The number of halogens is 1. The topological polar surface area (TPSA) is 56.7 Å². The van der Waals surface area contributed by atoms with Gasteiger partial charge in [-0.25, -0.2) is 4.68 Å². The Kier molecular flexibility index (Phi) is 1.50. The number of nitrogens with two attached hydrogens (primary N) is 1. The molecule has 1 fully saturated rings. The van der Waals surface area contributed by atoms with Gasteiger partial charge < -0.3 is 5.73 Å². The predicted octanol–water partition coefficient (Wildman–Crippen LogP) is 2.00. The van der Waals surface area contributed by atoms with Gasteiger partial charge in [-0.2, -0.15) is 0 Å². The molecule has 1 aromatic carbocycles. The fraction of sp³-hybridized carbons (Fsp3) is 0.333. The lowest BCUT2D eigenvalue weighted by Crippen LogP contribution is -1.96. The Morgan fingerprint density at radius 1 is 1.43 bits per heavy atom. The van der Waals surface area contributed by atoms with E-state index in [-0.39, 0.29) is 0 Å². The highest BCUT2D eigenvalue weighted by atomic mass is 35.5. The average Bonchev–Trinajstić information content (AvgIpc) is 2.91. The Morgan fingerprint density at radius 3 is 2.93 bits per heavy atom. The van der Waals surface area contributed by atoms with Gasteiger partial charge in [0.1, 0.15) is 5.52 Å². The molecule has 5 heteroatoms. The number of anilines is 1. The summed E-state index contributed by atoms with van der Waals surface area (Å²) in [5.74, 6) is 0. The molecule has 4 nitrogen and oxygen atoms in total. The molecule has 0 radical (unpaired) electrons. The fourth-order valence-corrected chi connectivity index (χ4v) is 1.72. The third-order valence-electron chi connectivity index (χ3n) is 2.48. The normalized spacial score (nSPS) is 16.4. The maximum absolute atomic E-state index is 5.95. The monoisotopic (exact) mass is 208 g/mol. The molecule has 14 heavy (non-hydrogen) atoms. The largest absolute Gasteiger partial charge is 0.397 e. The second kappa shape index (κ2) is 2.60. The Balaban J connectivity index is 2.29. The molecule has 2 aromatic rings. The number of benzene rings is 1. The summed E-state index contributed by atoms with van der Waals surface area (Å²) >= 11 is 5.95. The maximum atomic E-state index is 5.95. The molecule has 0 amide bonds. The molecule has 0 unspecified atom stereocenters. The van der Waals surface area contributed by atoms with Crippen LogP contribution >= 0.6 is 11.6 Å². The number of fused-ring (bicyclic) bond motifs is 1. The second-order valence-corrected chi connectivity index (χ2v) is 4.03. The minimum Gasteiger partial charge on any atom is -0.397 e. The molecule has 3 rings (SSSR count). The molecule has 0 saturated heterocycles. The first-order chi connectivity index (χ1) is 6.75. The summed E-state index contributed by atoms with van der Waals surface area (Å²) in [6, 6.07) is 4.12. The quantitative estimate of drug-likeness (QED) is 0.730. The third-order valence-corrected chi connectivity index (χ3v) is 2.81. The van der Waals surface area contributed by atoms with E-state index in [1.54, 1.807) is 6.07 Å². The number of nitrogens with zero attached hydrogens (tertiary/aromatic N) is 3. The van der Waals surface area contributed by atoms with Gasteiger partial charge in [0.25, 0.3) is 0 Å². The Bertz CT molecular complexity index is 501. The predicted molar refractivity (Wildman–Crippen MR) is 55.2 cm³/mol. The van der Waals surface area contributed by atoms with Crippen LogP contribution in [-0.2, 0) is 0 Å².